The van der Waals surface area contributed by atoms with Crippen molar-refractivity contribution in [2.75, 3.05) is 13.7 Å². The highest BCUT2D eigenvalue weighted by molar-refractivity contribution is 6.99. The van der Waals surface area contributed by atoms with Gasteiger partial charge in [-0.05, 0) is 13.5 Å². The normalized spacial score (nSPS) is 12.6. The highest BCUT2D eigenvalue weighted by Crippen LogP contribution is 2.29. The van der Waals surface area contributed by atoms with Gasteiger partial charge in [0.05, 0.1) is 43.0 Å². The molecule has 1 atom stereocenters. The van der Waals surface area contributed by atoms with Crippen molar-refractivity contribution in [2.45, 2.75) is 26.4 Å². The number of rotatable bonds is 6. The molecule has 0 spiro atoms. The lowest BCUT2D eigenvalue weighted by Crippen LogP contribution is -2.25. The van der Waals surface area contributed by atoms with Crippen molar-refractivity contribution in [2.24, 2.45) is 0 Å². The van der Waals surface area contributed by atoms with E-state index in [4.69, 9.17) is 4.74 Å². The topological polar surface area (TPSA) is 64.9 Å². The van der Waals surface area contributed by atoms with Crippen LogP contribution in [0.25, 0.3) is 0 Å². The summed E-state index contributed by atoms with van der Waals surface area (Å²) in [5.41, 5.74) is 1.89. The Kier molecular flexibility index (Phi) is 4.27. The first-order valence-corrected chi connectivity index (χ1v) is 6.65. The quantitative estimate of drug-likeness (QED) is 0.858. The molecule has 98 valence electrons. The minimum atomic E-state index is -0.0360. The maximum Gasteiger partial charge on any atom is 0.161 e. The smallest absolute Gasteiger partial charge is 0.161 e. The molecule has 0 saturated carbocycles. The first-order chi connectivity index (χ1) is 8.81. The summed E-state index contributed by atoms with van der Waals surface area (Å²) in [7, 11) is 1.66. The van der Waals surface area contributed by atoms with E-state index in [0.717, 1.165) is 30.2 Å². The fraction of sp³-hybridized carbons (Fsp3) is 0.545. The zero-order valence-electron chi connectivity index (χ0n) is 10.8. The van der Waals surface area contributed by atoms with E-state index in [-0.39, 0.29) is 6.04 Å². The number of aromatic nitrogens is 4. The van der Waals surface area contributed by atoms with Crippen LogP contribution in [-0.4, -0.2) is 32.2 Å². The van der Waals surface area contributed by atoms with Crippen LogP contribution in [0.3, 0.4) is 0 Å². The van der Waals surface area contributed by atoms with Crippen LogP contribution in [0.2, 0.25) is 0 Å². The van der Waals surface area contributed by atoms with Crippen LogP contribution in [0, 0.1) is 0 Å². The van der Waals surface area contributed by atoms with Gasteiger partial charge < -0.3 is 10.1 Å². The second kappa shape index (κ2) is 5.92. The summed E-state index contributed by atoms with van der Waals surface area (Å²) < 4.78 is 15.7. The molecule has 2 aromatic rings. The molecule has 2 rings (SSSR count). The lowest BCUT2D eigenvalue weighted by atomic mass is 10.1. The van der Waals surface area contributed by atoms with E-state index < -0.39 is 0 Å². The lowest BCUT2D eigenvalue weighted by Gasteiger charge is -2.18. The summed E-state index contributed by atoms with van der Waals surface area (Å²) >= 11 is 1.21. The van der Waals surface area contributed by atoms with Crippen molar-refractivity contribution in [3.8, 4) is 5.75 Å². The van der Waals surface area contributed by atoms with Crippen molar-refractivity contribution < 1.29 is 4.74 Å². The monoisotopic (exact) mass is 267 g/mol. The van der Waals surface area contributed by atoms with Gasteiger partial charge in [-0.1, -0.05) is 6.92 Å². The molecule has 2 aromatic heterocycles. The molecular formula is C11H17N5OS. The largest absolute Gasteiger partial charge is 0.493 e. The maximum atomic E-state index is 5.39. The summed E-state index contributed by atoms with van der Waals surface area (Å²) in [6, 6.07) is -0.0360. The minimum Gasteiger partial charge on any atom is -0.493 e. The van der Waals surface area contributed by atoms with Crippen molar-refractivity contribution in [1.29, 1.82) is 0 Å². The second-order valence-corrected chi connectivity index (χ2v) is 4.29. The van der Waals surface area contributed by atoms with Crippen molar-refractivity contribution >= 4 is 11.7 Å². The SMILES string of the molecule is CCNC(c1cnsn1)c1c(OC)cnn1CC. The molecule has 1 unspecified atom stereocenters. The van der Waals surface area contributed by atoms with Crippen LogP contribution in [0.4, 0.5) is 0 Å². The van der Waals surface area contributed by atoms with E-state index in [9.17, 15) is 0 Å². The third kappa shape index (κ3) is 2.37. The lowest BCUT2D eigenvalue weighted by molar-refractivity contribution is 0.399. The molecule has 0 amide bonds. The fourth-order valence-electron chi connectivity index (χ4n) is 1.92. The van der Waals surface area contributed by atoms with E-state index in [1.165, 1.54) is 11.7 Å². The molecule has 1 N–H and O–H groups in total. The van der Waals surface area contributed by atoms with E-state index in [0.29, 0.717) is 0 Å². The van der Waals surface area contributed by atoms with Gasteiger partial charge in [-0.2, -0.15) is 13.8 Å². The fourth-order valence-corrected chi connectivity index (χ4v) is 2.37. The predicted molar refractivity (Wildman–Crippen MR) is 69.9 cm³/mol. The molecular weight excluding hydrogens is 250 g/mol. The van der Waals surface area contributed by atoms with Crippen LogP contribution >= 0.6 is 11.7 Å². The summed E-state index contributed by atoms with van der Waals surface area (Å²) in [6.45, 7) is 5.74. The summed E-state index contributed by atoms with van der Waals surface area (Å²) in [4.78, 5) is 0. The molecule has 0 saturated heterocycles. The third-order valence-corrected chi connectivity index (χ3v) is 3.21. The standard InChI is InChI=1S/C11H17N5OS/c1-4-12-10(8-6-14-18-15-8)11-9(17-3)7-13-16(11)5-2/h6-7,10,12H,4-5H2,1-3H3. The van der Waals surface area contributed by atoms with Crippen molar-refractivity contribution in [3.63, 3.8) is 0 Å². The molecule has 0 aromatic carbocycles. The first-order valence-electron chi connectivity index (χ1n) is 5.92. The van der Waals surface area contributed by atoms with Crippen LogP contribution in [-0.2, 0) is 6.54 Å². The Labute approximate surface area is 110 Å². The molecule has 0 aliphatic heterocycles. The Balaban J connectivity index is 2.44. The Morgan fingerprint density at radius 1 is 1.44 bits per heavy atom. The molecule has 18 heavy (non-hydrogen) atoms. The maximum absolute atomic E-state index is 5.39. The van der Waals surface area contributed by atoms with E-state index in [2.05, 4.69) is 33.0 Å². The van der Waals surface area contributed by atoms with E-state index in [1.54, 1.807) is 19.5 Å². The summed E-state index contributed by atoms with van der Waals surface area (Å²) in [5.74, 6) is 0.774. The average molecular weight is 267 g/mol. The summed E-state index contributed by atoms with van der Waals surface area (Å²) in [6.07, 6.45) is 3.52. The first kappa shape index (κ1) is 13.0. The average Bonchev–Trinajstić information content (AvgIpc) is 3.04. The van der Waals surface area contributed by atoms with Gasteiger partial charge in [0.2, 0.25) is 0 Å². The molecule has 0 aliphatic rings. The van der Waals surface area contributed by atoms with E-state index >= 15 is 0 Å². The minimum absolute atomic E-state index is 0.0360. The van der Waals surface area contributed by atoms with Gasteiger partial charge in [-0.25, -0.2) is 0 Å². The molecule has 0 aliphatic carbocycles. The number of methoxy groups -OCH3 is 1. The second-order valence-electron chi connectivity index (χ2n) is 3.74. The zero-order chi connectivity index (χ0) is 13.0. The van der Waals surface area contributed by atoms with Crippen molar-refractivity contribution in [1.82, 2.24) is 23.8 Å². The zero-order valence-corrected chi connectivity index (χ0v) is 11.6. The van der Waals surface area contributed by atoms with Crippen LogP contribution in [0.15, 0.2) is 12.4 Å². The van der Waals surface area contributed by atoms with Gasteiger partial charge in [0.1, 0.15) is 5.69 Å². The van der Waals surface area contributed by atoms with Gasteiger partial charge in [-0.3, -0.25) is 4.68 Å². The Morgan fingerprint density at radius 2 is 2.28 bits per heavy atom. The number of nitrogens with zero attached hydrogens (tertiary/aromatic N) is 4. The van der Waals surface area contributed by atoms with Crippen molar-refractivity contribution in [3.05, 3.63) is 23.8 Å². The number of hydrogen-bond donors (Lipinski definition) is 1. The number of ether oxygens (including phenoxy) is 1. The number of aryl methyl sites for hydroxylation is 1. The van der Waals surface area contributed by atoms with Gasteiger partial charge in [0, 0.05) is 6.54 Å². The van der Waals surface area contributed by atoms with Gasteiger partial charge in [0.15, 0.2) is 5.75 Å². The van der Waals surface area contributed by atoms with Gasteiger partial charge in [0.25, 0.3) is 0 Å². The van der Waals surface area contributed by atoms with Gasteiger partial charge in [-0.15, -0.1) is 0 Å². The molecule has 0 bridgehead atoms. The van der Waals surface area contributed by atoms with Crippen LogP contribution in [0.1, 0.15) is 31.3 Å². The molecule has 0 fully saturated rings. The Morgan fingerprint density at radius 3 is 2.83 bits per heavy atom. The molecule has 0 radical (unpaired) electrons. The molecule has 7 heteroatoms. The third-order valence-electron chi connectivity index (χ3n) is 2.72. The Bertz CT molecular complexity index is 460. The number of nitrogens with one attached hydrogen (secondary N) is 1. The van der Waals surface area contributed by atoms with Gasteiger partial charge >= 0.3 is 0 Å². The molecule has 2 heterocycles. The summed E-state index contributed by atoms with van der Waals surface area (Å²) in [5, 5.41) is 7.73. The molecule has 6 nitrogen and oxygen atoms in total. The van der Waals surface area contributed by atoms with E-state index in [1.807, 2.05) is 4.68 Å². The Hall–Kier alpha value is -1.47. The highest BCUT2D eigenvalue weighted by Gasteiger charge is 2.24. The number of hydrogen-bond acceptors (Lipinski definition) is 6. The highest BCUT2D eigenvalue weighted by atomic mass is 32.1. The van der Waals surface area contributed by atoms with Crippen LogP contribution < -0.4 is 10.1 Å². The predicted octanol–water partition coefficient (Wildman–Crippen LogP) is 1.46. The van der Waals surface area contributed by atoms with Crippen LogP contribution in [0.5, 0.6) is 5.75 Å².